The maximum atomic E-state index is 13.6. The Balaban J connectivity index is 1.73. The summed E-state index contributed by atoms with van der Waals surface area (Å²) in [6.45, 7) is 3.94. The van der Waals surface area contributed by atoms with E-state index < -0.39 is 16.2 Å². The Morgan fingerprint density at radius 1 is 1.06 bits per heavy atom. The van der Waals surface area contributed by atoms with E-state index in [2.05, 4.69) is 10.6 Å². The Morgan fingerprint density at radius 2 is 1.78 bits per heavy atom. The van der Waals surface area contributed by atoms with Crippen molar-refractivity contribution in [2.45, 2.75) is 37.5 Å². The summed E-state index contributed by atoms with van der Waals surface area (Å²) in [7, 11) is -3.79. The molecule has 0 radical (unpaired) electrons. The summed E-state index contributed by atoms with van der Waals surface area (Å²) in [4.78, 5) is 12.5. The van der Waals surface area contributed by atoms with Gasteiger partial charge in [0, 0.05) is 23.2 Å². The number of anilines is 1. The van der Waals surface area contributed by atoms with Gasteiger partial charge in [-0.1, -0.05) is 48.0 Å². The summed E-state index contributed by atoms with van der Waals surface area (Å²) in [5.74, 6) is -0.170. The van der Waals surface area contributed by atoms with E-state index in [1.54, 1.807) is 66.7 Å². The molecule has 3 aromatic carbocycles. The third kappa shape index (κ3) is 4.50. The molecule has 1 amide bonds. The lowest BCUT2D eigenvalue weighted by Gasteiger charge is -2.37. The molecule has 6 nitrogen and oxygen atoms in total. The monoisotopic (exact) mass is 469 g/mol. The van der Waals surface area contributed by atoms with Crippen molar-refractivity contribution in [1.29, 1.82) is 0 Å². The molecule has 1 atom stereocenters. The van der Waals surface area contributed by atoms with Crippen LogP contribution in [0.15, 0.2) is 77.7 Å². The van der Waals surface area contributed by atoms with Gasteiger partial charge in [-0.05, 0) is 61.4 Å². The largest absolute Gasteiger partial charge is 0.364 e. The number of amides is 1. The number of rotatable bonds is 5. The molecule has 4 rings (SSSR count). The van der Waals surface area contributed by atoms with Crippen molar-refractivity contribution in [3.05, 3.63) is 94.5 Å². The van der Waals surface area contributed by atoms with Crippen LogP contribution < -0.4 is 10.6 Å². The number of hydrogen-bond acceptors (Lipinski definition) is 4. The van der Waals surface area contributed by atoms with Crippen LogP contribution in [0.4, 0.5) is 5.69 Å². The summed E-state index contributed by atoms with van der Waals surface area (Å²) < 4.78 is 28.5. The van der Waals surface area contributed by atoms with Gasteiger partial charge in [0.2, 0.25) is 10.0 Å². The Morgan fingerprint density at radius 3 is 2.47 bits per heavy atom. The zero-order valence-electron chi connectivity index (χ0n) is 17.7. The predicted octanol–water partition coefficient (Wildman–Crippen LogP) is 4.79. The Bertz CT molecular complexity index is 1240. The lowest BCUT2D eigenvalue weighted by Crippen LogP contribution is -2.42. The van der Waals surface area contributed by atoms with Crippen molar-refractivity contribution in [3.8, 4) is 0 Å². The molecule has 8 heteroatoms. The average Bonchev–Trinajstić information content (AvgIpc) is 2.75. The second-order valence-electron chi connectivity index (χ2n) is 7.97. The Labute approximate surface area is 193 Å². The summed E-state index contributed by atoms with van der Waals surface area (Å²) in [6.07, 6.45) is -0.643. The average molecular weight is 470 g/mol. The highest BCUT2D eigenvalue weighted by atomic mass is 35.5. The van der Waals surface area contributed by atoms with Crippen LogP contribution in [0.3, 0.4) is 0 Å². The van der Waals surface area contributed by atoms with Crippen LogP contribution in [0.25, 0.3) is 0 Å². The first kappa shape index (κ1) is 22.3. The van der Waals surface area contributed by atoms with Gasteiger partial charge in [0.25, 0.3) is 5.91 Å². The smallest absolute Gasteiger partial charge is 0.251 e. The second-order valence-corrected chi connectivity index (χ2v) is 10.3. The van der Waals surface area contributed by atoms with Crippen molar-refractivity contribution >= 4 is 33.2 Å². The first-order valence-electron chi connectivity index (χ1n) is 10.3. The normalized spacial score (nSPS) is 17.4. The van der Waals surface area contributed by atoms with Crippen LogP contribution in [-0.4, -0.2) is 24.7 Å². The van der Waals surface area contributed by atoms with Gasteiger partial charge in [-0.15, -0.1) is 0 Å². The fraction of sp³-hybridized carbons (Fsp3) is 0.208. The molecule has 3 aromatic rings. The van der Waals surface area contributed by atoms with Gasteiger partial charge >= 0.3 is 0 Å². The van der Waals surface area contributed by atoms with Gasteiger partial charge in [0.15, 0.2) is 0 Å². The molecule has 32 heavy (non-hydrogen) atoms. The molecule has 0 spiro atoms. The quantitative estimate of drug-likeness (QED) is 0.563. The molecular weight excluding hydrogens is 446 g/mol. The van der Waals surface area contributed by atoms with Gasteiger partial charge in [0.05, 0.1) is 5.69 Å². The highest BCUT2D eigenvalue weighted by molar-refractivity contribution is 7.89. The van der Waals surface area contributed by atoms with Crippen LogP contribution in [-0.2, 0) is 16.6 Å². The predicted molar refractivity (Wildman–Crippen MR) is 126 cm³/mol. The number of nitrogens with zero attached hydrogens (tertiary/aromatic N) is 1. The maximum absolute atomic E-state index is 13.6. The van der Waals surface area contributed by atoms with Crippen LogP contribution in [0, 0.1) is 0 Å². The minimum atomic E-state index is -3.79. The fourth-order valence-electron chi connectivity index (χ4n) is 3.70. The van der Waals surface area contributed by atoms with Gasteiger partial charge in [0.1, 0.15) is 11.1 Å². The number of sulfonamides is 1. The highest BCUT2D eigenvalue weighted by Crippen LogP contribution is 2.39. The van der Waals surface area contributed by atoms with Crippen LogP contribution in [0.5, 0.6) is 0 Å². The molecule has 0 saturated heterocycles. The van der Waals surface area contributed by atoms with E-state index in [-0.39, 0.29) is 23.4 Å². The number of para-hydroxylation sites is 1. The van der Waals surface area contributed by atoms with Crippen LogP contribution in [0.1, 0.15) is 41.5 Å². The Kier molecular flexibility index (Phi) is 6.24. The molecular formula is C24H24ClN3O3S. The number of hydrogen-bond donors (Lipinski definition) is 2. The Hall–Kier alpha value is -2.87. The van der Waals surface area contributed by atoms with E-state index in [1.165, 1.54) is 4.31 Å². The van der Waals surface area contributed by atoms with Crippen molar-refractivity contribution in [2.75, 3.05) is 5.32 Å². The summed E-state index contributed by atoms with van der Waals surface area (Å²) in [5, 5.41) is 6.75. The molecule has 0 fully saturated rings. The van der Waals surface area contributed by atoms with Crippen molar-refractivity contribution in [2.24, 2.45) is 0 Å². The molecule has 0 bridgehead atoms. The first-order valence-corrected chi connectivity index (χ1v) is 12.1. The number of carbonyl (C=O) groups excluding carboxylic acids is 1. The van der Waals surface area contributed by atoms with Gasteiger partial charge in [-0.3, -0.25) is 4.79 Å². The third-order valence-corrected chi connectivity index (χ3v) is 7.29. The highest BCUT2D eigenvalue weighted by Gasteiger charge is 2.38. The number of nitrogens with one attached hydrogen (secondary N) is 2. The van der Waals surface area contributed by atoms with E-state index in [9.17, 15) is 13.2 Å². The third-order valence-electron chi connectivity index (χ3n) is 5.19. The number of fused-ring (bicyclic) bond motifs is 1. The van der Waals surface area contributed by atoms with Gasteiger partial charge < -0.3 is 10.6 Å². The first-order chi connectivity index (χ1) is 15.3. The minimum Gasteiger partial charge on any atom is -0.364 e. The summed E-state index contributed by atoms with van der Waals surface area (Å²) >= 11 is 6.13. The van der Waals surface area contributed by atoms with E-state index in [0.717, 1.165) is 11.1 Å². The molecule has 0 aliphatic carbocycles. The zero-order chi connectivity index (χ0) is 22.9. The number of benzene rings is 3. The lowest BCUT2D eigenvalue weighted by molar-refractivity contribution is 0.0943. The fourth-order valence-corrected chi connectivity index (χ4v) is 5.59. The minimum absolute atomic E-state index is 0.0250. The second kappa shape index (κ2) is 8.94. The van der Waals surface area contributed by atoms with Crippen molar-refractivity contribution < 1.29 is 13.2 Å². The molecule has 0 unspecified atom stereocenters. The summed E-state index contributed by atoms with van der Waals surface area (Å²) in [5.41, 5.74) is 2.57. The van der Waals surface area contributed by atoms with Gasteiger partial charge in [-0.25, -0.2) is 8.42 Å². The maximum Gasteiger partial charge on any atom is 0.251 e. The van der Waals surface area contributed by atoms with E-state index >= 15 is 0 Å². The summed E-state index contributed by atoms with van der Waals surface area (Å²) in [6, 6.07) is 21.0. The molecule has 1 aliphatic heterocycles. The van der Waals surface area contributed by atoms with Gasteiger partial charge in [-0.2, -0.15) is 4.31 Å². The molecule has 0 aromatic heterocycles. The topological polar surface area (TPSA) is 78.5 Å². The zero-order valence-corrected chi connectivity index (χ0v) is 19.3. The number of carbonyl (C=O) groups is 1. The molecule has 2 N–H and O–H groups in total. The standard InChI is InChI=1S/C24H24ClN3O3S/c1-16(2)26-24(29)19-12-10-18(11-13-19)23-27-21-8-3-4-9-22(21)32(30,31)28(23)15-17-6-5-7-20(25)14-17/h3-14,16,23,27H,15H2,1-2H3,(H,26,29)/t23-/m1/s1. The van der Waals surface area contributed by atoms with Crippen molar-refractivity contribution in [3.63, 3.8) is 0 Å². The van der Waals surface area contributed by atoms with E-state index in [1.807, 2.05) is 19.9 Å². The molecule has 0 saturated carbocycles. The molecule has 166 valence electrons. The van der Waals surface area contributed by atoms with E-state index in [4.69, 9.17) is 11.6 Å². The lowest BCUT2D eigenvalue weighted by atomic mass is 10.1. The van der Waals surface area contributed by atoms with Crippen LogP contribution in [0.2, 0.25) is 5.02 Å². The van der Waals surface area contributed by atoms with Crippen molar-refractivity contribution in [1.82, 2.24) is 9.62 Å². The molecule has 1 aliphatic rings. The molecule has 1 heterocycles. The SMILES string of the molecule is CC(C)NC(=O)c1ccc([C@@H]2Nc3ccccc3S(=O)(=O)N2Cc2cccc(Cl)c2)cc1. The number of halogens is 1. The van der Waals surface area contributed by atoms with E-state index in [0.29, 0.717) is 16.3 Å². The van der Waals surface area contributed by atoms with Crippen LogP contribution >= 0.6 is 11.6 Å².